The van der Waals surface area contributed by atoms with Gasteiger partial charge in [-0.15, -0.1) is 0 Å². The molecule has 0 aromatic heterocycles. The lowest BCUT2D eigenvalue weighted by Crippen LogP contribution is -2.47. The Kier molecular flexibility index (Phi) is 5.07. The normalized spacial score (nSPS) is 44.4. The lowest BCUT2D eigenvalue weighted by atomic mass is 9.50. The van der Waals surface area contributed by atoms with Crippen LogP contribution in [0.25, 0.3) is 0 Å². The Morgan fingerprint density at radius 2 is 2.04 bits per heavy atom. The van der Waals surface area contributed by atoms with Crippen LogP contribution in [0.5, 0.6) is 0 Å². The van der Waals surface area contributed by atoms with E-state index >= 15 is 0 Å². The molecule has 4 unspecified atom stereocenters. The number of aliphatic hydroxyl groups excluding tert-OH is 1. The maximum atomic E-state index is 8.90. The molecule has 0 saturated heterocycles. The Labute approximate surface area is 148 Å². The molecule has 6 atom stereocenters. The van der Waals surface area contributed by atoms with E-state index in [0.717, 1.165) is 43.1 Å². The standard InChI is InChI=1S/C22H36O2/c1-22-12-11-18(24-14-3-2-13-23)15-17(22)8-9-20-19-6-4-5-16(19)7-10-21(20)22/h8,16,18-21,23H,2-7,9-15H2,1H3/t16?,18-,19?,20?,21?,22-/m1/s1. The molecule has 3 fully saturated rings. The Balaban J connectivity index is 1.42. The maximum absolute atomic E-state index is 8.90. The van der Waals surface area contributed by atoms with Crippen LogP contribution in [0.15, 0.2) is 11.6 Å². The highest BCUT2D eigenvalue weighted by molar-refractivity contribution is 5.24. The van der Waals surface area contributed by atoms with Crippen LogP contribution in [0.3, 0.4) is 0 Å². The van der Waals surface area contributed by atoms with Crippen molar-refractivity contribution in [2.45, 2.75) is 83.7 Å². The van der Waals surface area contributed by atoms with Gasteiger partial charge in [0.25, 0.3) is 0 Å². The fourth-order valence-electron chi connectivity index (χ4n) is 6.85. The molecule has 4 aliphatic carbocycles. The van der Waals surface area contributed by atoms with Gasteiger partial charge in [0.15, 0.2) is 0 Å². The van der Waals surface area contributed by atoms with Gasteiger partial charge in [-0.2, -0.15) is 0 Å². The summed E-state index contributed by atoms with van der Waals surface area (Å²) >= 11 is 0. The summed E-state index contributed by atoms with van der Waals surface area (Å²) in [4.78, 5) is 0. The molecule has 24 heavy (non-hydrogen) atoms. The molecule has 0 spiro atoms. The summed E-state index contributed by atoms with van der Waals surface area (Å²) in [6, 6.07) is 0. The zero-order chi connectivity index (χ0) is 16.6. The summed E-state index contributed by atoms with van der Waals surface area (Å²) in [7, 11) is 0. The van der Waals surface area contributed by atoms with E-state index < -0.39 is 0 Å². The van der Waals surface area contributed by atoms with Gasteiger partial charge in [-0.1, -0.05) is 31.4 Å². The van der Waals surface area contributed by atoms with Gasteiger partial charge in [-0.05, 0) is 86.9 Å². The lowest BCUT2D eigenvalue weighted by molar-refractivity contribution is -0.0277. The molecule has 2 nitrogen and oxygen atoms in total. The van der Waals surface area contributed by atoms with Crippen LogP contribution in [0, 0.1) is 29.1 Å². The van der Waals surface area contributed by atoms with Gasteiger partial charge < -0.3 is 9.84 Å². The van der Waals surface area contributed by atoms with E-state index in [1.807, 2.05) is 0 Å². The van der Waals surface area contributed by atoms with Crippen LogP contribution in [0.1, 0.15) is 77.6 Å². The molecule has 3 saturated carbocycles. The summed E-state index contributed by atoms with van der Waals surface area (Å²) in [5, 5.41) is 8.90. The van der Waals surface area contributed by atoms with E-state index in [0.29, 0.717) is 18.1 Å². The fraction of sp³-hybridized carbons (Fsp3) is 0.909. The summed E-state index contributed by atoms with van der Waals surface area (Å²) in [6.45, 7) is 3.71. The number of fused-ring (bicyclic) bond motifs is 5. The smallest absolute Gasteiger partial charge is 0.0612 e. The van der Waals surface area contributed by atoms with Crippen molar-refractivity contribution in [1.82, 2.24) is 0 Å². The van der Waals surface area contributed by atoms with Crippen LogP contribution < -0.4 is 0 Å². The van der Waals surface area contributed by atoms with Gasteiger partial charge >= 0.3 is 0 Å². The number of hydrogen-bond acceptors (Lipinski definition) is 2. The molecule has 0 amide bonds. The van der Waals surface area contributed by atoms with E-state index in [9.17, 15) is 0 Å². The van der Waals surface area contributed by atoms with Crippen molar-refractivity contribution in [3.05, 3.63) is 11.6 Å². The first kappa shape index (κ1) is 17.1. The van der Waals surface area contributed by atoms with Gasteiger partial charge in [0, 0.05) is 13.2 Å². The van der Waals surface area contributed by atoms with Crippen molar-refractivity contribution in [3.63, 3.8) is 0 Å². The number of rotatable bonds is 5. The molecule has 136 valence electrons. The topological polar surface area (TPSA) is 29.5 Å². The number of allylic oxidation sites excluding steroid dienone is 1. The number of unbranched alkanes of at least 4 members (excludes halogenated alkanes) is 1. The summed E-state index contributed by atoms with van der Waals surface area (Å²) in [5.74, 6) is 4.05. The summed E-state index contributed by atoms with van der Waals surface area (Å²) in [6.07, 6.45) is 17.6. The summed E-state index contributed by atoms with van der Waals surface area (Å²) < 4.78 is 6.13. The van der Waals surface area contributed by atoms with Crippen LogP contribution >= 0.6 is 0 Å². The molecule has 4 rings (SSSR count). The predicted octanol–water partition coefficient (Wildman–Crippen LogP) is 5.11. The second kappa shape index (κ2) is 7.11. The molecule has 0 aliphatic heterocycles. The fourth-order valence-corrected chi connectivity index (χ4v) is 6.85. The Morgan fingerprint density at radius 1 is 1.12 bits per heavy atom. The van der Waals surface area contributed by atoms with E-state index in [1.54, 1.807) is 5.57 Å². The second-order valence-electron chi connectivity index (χ2n) is 9.25. The van der Waals surface area contributed by atoms with Gasteiger partial charge in [-0.3, -0.25) is 0 Å². The zero-order valence-corrected chi connectivity index (χ0v) is 15.5. The highest BCUT2D eigenvalue weighted by atomic mass is 16.5. The van der Waals surface area contributed by atoms with Gasteiger partial charge in [-0.25, -0.2) is 0 Å². The highest BCUT2D eigenvalue weighted by Gasteiger charge is 2.52. The van der Waals surface area contributed by atoms with E-state index in [2.05, 4.69) is 13.0 Å². The van der Waals surface area contributed by atoms with Crippen molar-refractivity contribution >= 4 is 0 Å². The first-order valence-corrected chi connectivity index (χ1v) is 10.6. The number of ether oxygens (including phenoxy) is 1. The monoisotopic (exact) mass is 332 g/mol. The molecule has 0 heterocycles. The average molecular weight is 333 g/mol. The van der Waals surface area contributed by atoms with E-state index in [4.69, 9.17) is 9.84 Å². The van der Waals surface area contributed by atoms with Gasteiger partial charge in [0.2, 0.25) is 0 Å². The van der Waals surface area contributed by atoms with Gasteiger partial charge in [0.05, 0.1) is 6.10 Å². The molecule has 0 aromatic rings. The minimum absolute atomic E-state index is 0.294. The quantitative estimate of drug-likeness (QED) is 0.560. The molecular weight excluding hydrogens is 296 g/mol. The predicted molar refractivity (Wildman–Crippen MR) is 97.8 cm³/mol. The molecule has 0 aromatic carbocycles. The van der Waals surface area contributed by atoms with Crippen LogP contribution in [-0.2, 0) is 4.74 Å². The largest absolute Gasteiger partial charge is 0.396 e. The molecule has 2 heteroatoms. The first-order valence-electron chi connectivity index (χ1n) is 10.6. The average Bonchev–Trinajstić information content (AvgIpc) is 3.07. The van der Waals surface area contributed by atoms with Crippen LogP contribution in [0.4, 0.5) is 0 Å². The SMILES string of the molecule is C[C@@]12CC[C@@H](OCCCCO)CC1=CCC1C3CCCC3CCC12. The first-order chi connectivity index (χ1) is 11.7. The summed E-state index contributed by atoms with van der Waals surface area (Å²) in [5.41, 5.74) is 2.21. The Bertz CT molecular complexity index is 471. The molecular formula is C22H36O2. The van der Waals surface area contributed by atoms with Crippen molar-refractivity contribution in [2.75, 3.05) is 13.2 Å². The van der Waals surface area contributed by atoms with Crippen molar-refractivity contribution in [3.8, 4) is 0 Å². The molecule has 1 N–H and O–H groups in total. The van der Waals surface area contributed by atoms with Gasteiger partial charge in [0.1, 0.15) is 0 Å². The molecule has 4 aliphatic rings. The number of aliphatic hydroxyl groups is 1. The van der Waals surface area contributed by atoms with Crippen LogP contribution in [0.2, 0.25) is 0 Å². The van der Waals surface area contributed by atoms with Crippen LogP contribution in [-0.4, -0.2) is 24.4 Å². The van der Waals surface area contributed by atoms with Crippen molar-refractivity contribution < 1.29 is 9.84 Å². The lowest BCUT2D eigenvalue weighted by Gasteiger charge is -2.55. The second-order valence-corrected chi connectivity index (χ2v) is 9.25. The molecule has 0 bridgehead atoms. The van der Waals surface area contributed by atoms with E-state index in [1.165, 1.54) is 57.8 Å². The number of hydrogen-bond donors (Lipinski definition) is 1. The van der Waals surface area contributed by atoms with E-state index in [-0.39, 0.29) is 0 Å². The minimum atomic E-state index is 0.294. The third kappa shape index (κ3) is 2.98. The highest BCUT2D eigenvalue weighted by Crippen LogP contribution is 2.61. The Morgan fingerprint density at radius 3 is 2.92 bits per heavy atom. The van der Waals surface area contributed by atoms with Crippen molar-refractivity contribution in [1.29, 1.82) is 0 Å². The third-order valence-electron chi connectivity index (χ3n) is 8.16. The zero-order valence-electron chi connectivity index (χ0n) is 15.5. The minimum Gasteiger partial charge on any atom is -0.396 e. The third-order valence-corrected chi connectivity index (χ3v) is 8.16. The maximum Gasteiger partial charge on any atom is 0.0612 e. The van der Waals surface area contributed by atoms with Crippen molar-refractivity contribution in [2.24, 2.45) is 29.1 Å². The Hall–Kier alpha value is -0.340. The molecule has 0 radical (unpaired) electrons.